The summed E-state index contributed by atoms with van der Waals surface area (Å²) < 4.78 is 10.5. The minimum atomic E-state index is 0.231. The van der Waals surface area contributed by atoms with Gasteiger partial charge in [-0.15, -0.1) is 0 Å². The molecule has 0 aliphatic heterocycles. The van der Waals surface area contributed by atoms with Gasteiger partial charge in [0, 0.05) is 12.5 Å². The van der Waals surface area contributed by atoms with Crippen LogP contribution < -0.4 is 9.47 Å². The Morgan fingerprint density at radius 3 is 2.33 bits per heavy atom. The number of carbonyl (C=O) groups excluding carboxylic acids is 1. The number of rotatable bonds is 4. The number of methoxy groups -OCH3 is 2. The van der Waals surface area contributed by atoms with Gasteiger partial charge in [0.25, 0.3) is 0 Å². The Morgan fingerprint density at radius 1 is 1.17 bits per heavy atom. The highest BCUT2D eigenvalue weighted by Gasteiger charge is 2.14. The van der Waals surface area contributed by atoms with E-state index in [1.807, 2.05) is 24.3 Å². The average Bonchev–Trinajstić information content (AvgIpc) is 2.41. The zero-order valence-electron chi connectivity index (χ0n) is 10.8. The summed E-state index contributed by atoms with van der Waals surface area (Å²) in [7, 11) is 3.30. The highest BCUT2D eigenvalue weighted by atomic mass is 16.5. The molecule has 96 valence electrons. The van der Waals surface area contributed by atoms with E-state index < -0.39 is 0 Å². The fraction of sp³-hybridized carbons (Fsp3) is 0.400. The van der Waals surface area contributed by atoms with Gasteiger partial charge in [-0.3, -0.25) is 4.79 Å². The fourth-order valence-electron chi connectivity index (χ4n) is 2.21. The molecule has 1 aromatic rings. The Kier molecular flexibility index (Phi) is 4.03. The number of hydrogen-bond acceptors (Lipinski definition) is 3. The van der Waals surface area contributed by atoms with E-state index in [4.69, 9.17) is 9.47 Å². The summed E-state index contributed by atoms with van der Waals surface area (Å²) in [4.78, 5) is 11.1. The van der Waals surface area contributed by atoms with Gasteiger partial charge in [-0.25, -0.2) is 0 Å². The van der Waals surface area contributed by atoms with Crippen molar-refractivity contribution in [1.82, 2.24) is 0 Å². The van der Waals surface area contributed by atoms with Gasteiger partial charge in [-0.1, -0.05) is 6.08 Å². The van der Waals surface area contributed by atoms with Crippen molar-refractivity contribution < 1.29 is 14.3 Å². The van der Waals surface area contributed by atoms with Gasteiger partial charge in [-0.05, 0) is 42.5 Å². The standard InChI is InChI=1S/C15H18O3/c1-17-14-8-12(9-15(10-14)18-2)7-11-3-5-13(16)6-4-11/h3,5,8-11H,4,6-7H2,1-2H3. The van der Waals surface area contributed by atoms with E-state index in [0.717, 1.165) is 24.3 Å². The molecule has 3 heteroatoms. The highest BCUT2D eigenvalue weighted by Crippen LogP contribution is 2.26. The molecule has 0 bridgehead atoms. The molecule has 1 aliphatic carbocycles. The molecule has 3 nitrogen and oxygen atoms in total. The summed E-state index contributed by atoms with van der Waals surface area (Å²) in [5, 5.41) is 0. The van der Waals surface area contributed by atoms with E-state index in [9.17, 15) is 4.79 Å². The predicted octanol–water partition coefficient (Wildman–Crippen LogP) is 2.78. The van der Waals surface area contributed by atoms with Crippen LogP contribution in [-0.4, -0.2) is 20.0 Å². The maximum absolute atomic E-state index is 11.1. The van der Waals surface area contributed by atoms with Gasteiger partial charge in [0.1, 0.15) is 11.5 Å². The van der Waals surface area contributed by atoms with Crippen LogP contribution in [0, 0.1) is 5.92 Å². The van der Waals surface area contributed by atoms with E-state index in [2.05, 4.69) is 0 Å². The molecule has 0 amide bonds. The molecule has 0 saturated heterocycles. The second kappa shape index (κ2) is 5.71. The molecule has 0 N–H and O–H groups in total. The molecule has 0 aromatic heterocycles. The predicted molar refractivity (Wildman–Crippen MR) is 70.1 cm³/mol. The smallest absolute Gasteiger partial charge is 0.155 e. The Morgan fingerprint density at radius 2 is 1.83 bits per heavy atom. The van der Waals surface area contributed by atoms with Crippen LogP contribution in [0.2, 0.25) is 0 Å². The largest absolute Gasteiger partial charge is 0.497 e. The molecule has 1 aliphatic rings. The first-order chi connectivity index (χ1) is 8.71. The number of benzene rings is 1. The lowest BCUT2D eigenvalue weighted by atomic mass is 9.89. The molecular formula is C15H18O3. The molecule has 0 spiro atoms. The Balaban J connectivity index is 2.13. The van der Waals surface area contributed by atoms with Crippen molar-refractivity contribution in [3.8, 4) is 11.5 Å². The molecule has 0 radical (unpaired) electrons. The molecule has 0 fully saturated rings. The van der Waals surface area contributed by atoms with E-state index in [1.54, 1.807) is 20.3 Å². The molecule has 1 unspecified atom stereocenters. The maximum atomic E-state index is 11.1. The Hall–Kier alpha value is -1.77. The van der Waals surface area contributed by atoms with E-state index in [1.165, 1.54) is 5.56 Å². The highest BCUT2D eigenvalue weighted by molar-refractivity contribution is 5.90. The number of allylic oxidation sites excluding steroid dienone is 2. The lowest BCUT2D eigenvalue weighted by Gasteiger charge is -2.16. The summed E-state index contributed by atoms with van der Waals surface area (Å²) in [6.45, 7) is 0. The van der Waals surface area contributed by atoms with Gasteiger partial charge in [0.05, 0.1) is 14.2 Å². The third kappa shape index (κ3) is 3.13. The van der Waals surface area contributed by atoms with E-state index in [-0.39, 0.29) is 5.78 Å². The molecule has 1 atom stereocenters. The molecular weight excluding hydrogens is 228 g/mol. The van der Waals surface area contributed by atoms with Gasteiger partial charge < -0.3 is 9.47 Å². The van der Waals surface area contributed by atoms with Crippen molar-refractivity contribution in [3.05, 3.63) is 35.9 Å². The summed E-state index contributed by atoms with van der Waals surface area (Å²) >= 11 is 0. The SMILES string of the molecule is COc1cc(CC2C=CC(=O)CC2)cc(OC)c1. The molecule has 0 heterocycles. The molecule has 1 aromatic carbocycles. The van der Waals surface area contributed by atoms with Gasteiger partial charge >= 0.3 is 0 Å². The monoisotopic (exact) mass is 246 g/mol. The topological polar surface area (TPSA) is 35.5 Å². The zero-order chi connectivity index (χ0) is 13.0. The molecule has 18 heavy (non-hydrogen) atoms. The second-order valence-electron chi connectivity index (χ2n) is 4.55. The lowest BCUT2D eigenvalue weighted by Crippen LogP contribution is -2.10. The summed E-state index contributed by atoms with van der Waals surface area (Å²) in [6, 6.07) is 5.91. The first kappa shape index (κ1) is 12.7. The second-order valence-corrected chi connectivity index (χ2v) is 4.55. The van der Waals surface area contributed by atoms with Gasteiger partial charge in [0.2, 0.25) is 0 Å². The van der Waals surface area contributed by atoms with Crippen LogP contribution in [0.3, 0.4) is 0 Å². The van der Waals surface area contributed by atoms with Crippen LogP contribution in [0.1, 0.15) is 18.4 Å². The number of carbonyl (C=O) groups is 1. The first-order valence-electron chi connectivity index (χ1n) is 6.14. The van der Waals surface area contributed by atoms with Crippen LogP contribution in [0.5, 0.6) is 11.5 Å². The lowest BCUT2D eigenvalue weighted by molar-refractivity contribution is -0.115. The third-order valence-corrected chi connectivity index (χ3v) is 3.22. The van der Waals surface area contributed by atoms with Crippen molar-refractivity contribution in [2.75, 3.05) is 14.2 Å². The average molecular weight is 246 g/mol. The normalized spacial score (nSPS) is 18.8. The maximum Gasteiger partial charge on any atom is 0.155 e. The minimum absolute atomic E-state index is 0.231. The number of ether oxygens (including phenoxy) is 2. The van der Waals surface area contributed by atoms with Crippen molar-refractivity contribution in [2.24, 2.45) is 5.92 Å². The first-order valence-corrected chi connectivity index (χ1v) is 6.14. The van der Waals surface area contributed by atoms with E-state index in [0.29, 0.717) is 12.3 Å². The fourth-order valence-corrected chi connectivity index (χ4v) is 2.21. The Labute approximate surface area is 107 Å². The van der Waals surface area contributed by atoms with Crippen molar-refractivity contribution in [2.45, 2.75) is 19.3 Å². The van der Waals surface area contributed by atoms with Crippen LogP contribution in [0.25, 0.3) is 0 Å². The van der Waals surface area contributed by atoms with Crippen LogP contribution in [0.4, 0.5) is 0 Å². The summed E-state index contributed by atoms with van der Waals surface area (Å²) in [6.07, 6.45) is 6.21. The van der Waals surface area contributed by atoms with Crippen LogP contribution in [0.15, 0.2) is 30.4 Å². The van der Waals surface area contributed by atoms with Crippen LogP contribution >= 0.6 is 0 Å². The van der Waals surface area contributed by atoms with Crippen molar-refractivity contribution in [3.63, 3.8) is 0 Å². The number of hydrogen-bond donors (Lipinski definition) is 0. The van der Waals surface area contributed by atoms with Gasteiger partial charge in [-0.2, -0.15) is 0 Å². The minimum Gasteiger partial charge on any atom is -0.497 e. The third-order valence-electron chi connectivity index (χ3n) is 3.22. The summed E-state index contributed by atoms with van der Waals surface area (Å²) in [5.74, 6) is 2.27. The number of ketones is 1. The van der Waals surface area contributed by atoms with Gasteiger partial charge in [0.15, 0.2) is 5.78 Å². The Bertz CT molecular complexity index is 441. The zero-order valence-corrected chi connectivity index (χ0v) is 10.8. The quantitative estimate of drug-likeness (QED) is 0.819. The van der Waals surface area contributed by atoms with Crippen molar-refractivity contribution in [1.29, 1.82) is 0 Å². The van der Waals surface area contributed by atoms with Crippen LogP contribution in [-0.2, 0) is 11.2 Å². The van der Waals surface area contributed by atoms with Crippen molar-refractivity contribution >= 4 is 5.78 Å². The summed E-state index contributed by atoms with van der Waals surface area (Å²) in [5.41, 5.74) is 1.18. The molecule has 2 rings (SSSR count). The van der Waals surface area contributed by atoms with E-state index >= 15 is 0 Å². The molecule has 0 saturated carbocycles.